The average Bonchev–Trinajstić information content (AvgIpc) is 2.19. The van der Waals surface area contributed by atoms with Gasteiger partial charge in [-0.3, -0.25) is 4.79 Å². The Bertz CT molecular complexity index is 273. The molecule has 0 amide bonds. The lowest BCUT2D eigenvalue weighted by molar-refractivity contribution is -0.135. The van der Waals surface area contributed by atoms with E-state index in [9.17, 15) is 4.79 Å². The summed E-state index contributed by atoms with van der Waals surface area (Å²) in [5.74, 6) is -1.07. The number of rotatable bonds is 1. The smallest absolute Gasteiger partial charge is 0.317 e. The minimum Gasteiger partial charge on any atom is -0.480 e. The SMILES string of the molecule is N#CCC(=O)O.O/N=C1/CCCCC1Cl. The molecule has 1 saturated carbocycles. The number of alkyl halides is 1. The van der Waals surface area contributed by atoms with Gasteiger partial charge in [-0.2, -0.15) is 5.26 Å². The van der Waals surface area contributed by atoms with Crippen molar-refractivity contribution in [1.29, 1.82) is 5.26 Å². The molecule has 5 nitrogen and oxygen atoms in total. The molecule has 6 heteroatoms. The van der Waals surface area contributed by atoms with Crippen LogP contribution in [-0.2, 0) is 4.79 Å². The van der Waals surface area contributed by atoms with Crippen LogP contribution in [0, 0.1) is 11.3 Å². The van der Waals surface area contributed by atoms with E-state index in [1.54, 1.807) is 0 Å². The van der Waals surface area contributed by atoms with Crippen LogP contribution in [0.3, 0.4) is 0 Å². The van der Waals surface area contributed by atoms with E-state index >= 15 is 0 Å². The van der Waals surface area contributed by atoms with Gasteiger partial charge in [0, 0.05) is 0 Å². The Morgan fingerprint density at radius 3 is 2.60 bits per heavy atom. The maximum atomic E-state index is 9.38. The van der Waals surface area contributed by atoms with Gasteiger partial charge >= 0.3 is 5.97 Å². The zero-order chi connectivity index (χ0) is 11.7. The number of hydrogen-bond acceptors (Lipinski definition) is 4. The van der Waals surface area contributed by atoms with Gasteiger partial charge in [-0.15, -0.1) is 11.6 Å². The van der Waals surface area contributed by atoms with Crippen LogP contribution in [0.4, 0.5) is 0 Å². The molecule has 0 bridgehead atoms. The van der Waals surface area contributed by atoms with E-state index in [0.717, 1.165) is 31.4 Å². The molecule has 1 aliphatic carbocycles. The molecule has 1 fully saturated rings. The Labute approximate surface area is 93.0 Å². The fourth-order valence-electron chi connectivity index (χ4n) is 1.13. The van der Waals surface area contributed by atoms with Crippen LogP contribution in [0.15, 0.2) is 5.16 Å². The van der Waals surface area contributed by atoms with Crippen molar-refractivity contribution >= 4 is 23.3 Å². The maximum Gasteiger partial charge on any atom is 0.317 e. The number of oxime groups is 1. The highest BCUT2D eigenvalue weighted by atomic mass is 35.5. The van der Waals surface area contributed by atoms with E-state index in [4.69, 9.17) is 27.2 Å². The zero-order valence-electron chi connectivity index (χ0n) is 8.19. The summed E-state index contributed by atoms with van der Waals surface area (Å²) in [7, 11) is 0. The third-order valence-electron chi connectivity index (χ3n) is 1.86. The van der Waals surface area contributed by atoms with E-state index in [1.807, 2.05) is 0 Å². The second kappa shape index (κ2) is 8.06. The highest BCUT2D eigenvalue weighted by Gasteiger charge is 2.17. The highest BCUT2D eigenvalue weighted by molar-refractivity contribution is 6.32. The molecule has 0 aromatic heterocycles. The van der Waals surface area contributed by atoms with Crippen LogP contribution in [0.1, 0.15) is 32.1 Å². The van der Waals surface area contributed by atoms with Crippen molar-refractivity contribution in [3.63, 3.8) is 0 Å². The number of carbonyl (C=O) groups is 1. The summed E-state index contributed by atoms with van der Waals surface area (Å²) in [5.41, 5.74) is 0.753. The Morgan fingerprint density at radius 2 is 2.33 bits per heavy atom. The van der Waals surface area contributed by atoms with Gasteiger partial charge < -0.3 is 10.3 Å². The van der Waals surface area contributed by atoms with Crippen molar-refractivity contribution in [2.24, 2.45) is 5.16 Å². The number of halogens is 1. The van der Waals surface area contributed by atoms with Crippen molar-refractivity contribution in [2.45, 2.75) is 37.5 Å². The molecule has 0 spiro atoms. The molecule has 1 unspecified atom stereocenters. The minimum atomic E-state index is -1.07. The van der Waals surface area contributed by atoms with Gasteiger partial charge in [0.15, 0.2) is 0 Å². The Hall–Kier alpha value is -1.28. The monoisotopic (exact) mass is 232 g/mol. The molecule has 0 heterocycles. The van der Waals surface area contributed by atoms with Crippen molar-refractivity contribution in [3.05, 3.63) is 0 Å². The lowest BCUT2D eigenvalue weighted by Gasteiger charge is -2.15. The van der Waals surface area contributed by atoms with Gasteiger partial charge in [0.2, 0.25) is 0 Å². The number of carboxylic acid groups (broad SMARTS) is 1. The molecule has 0 aromatic carbocycles. The topological polar surface area (TPSA) is 93.7 Å². The zero-order valence-corrected chi connectivity index (χ0v) is 8.94. The molecule has 0 aliphatic heterocycles. The van der Waals surface area contributed by atoms with Crippen LogP contribution in [0.5, 0.6) is 0 Å². The predicted octanol–water partition coefficient (Wildman–Crippen LogP) is 1.98. The molecule has 15 heavy (non-hydrogen) atoms. The third kappa shape index (κ3) is 6.75. The Balaban J connectivity index is 0.000000288. The number of carboxylic acids is 1. The second-order valence-electron chi connectivity index (χ2n) is 3.03. The number of nitriles is 1. The van der Waals surface area contributed by atoms with Crippen LogP contribution in [-0.4, -0.2) is 27.4 Å². The van der Waals surface area contributed by atoms with Crippen LogP contribution < -0.4 is 0 Å². The quantitative estimate of drug-likeness (QED) is 0.411. The Kier molecular flexibility index (Phi) is 7.38. The first-order valence-electron chi connectivity index (χ1n) is 4.55. The summed E-state index contributed by atoms with van der Waals surface area (Å²) in [4.78, 5) is 9.38. The van der Waals surface area contributed by atoms with Gasteiger partial charge in [-0.05, 0) is 19.3 Å². The molecular formula is C9H13ClN2O3. The number of hydrogen-bond donors (Lipinski definition) is 2. The van der Waals surface area contributed by atoms with Gasteiger partial charge in [0.1, 0.15) is 6.42 Å². The summed E-state index contributed by atoms with van der Waals surface area (Å²) in [5, 5.41) is 26.8. The summed E-state index contributed by atoms with van der Waals surface area (Å²) >= 11 is 5.79. The number of aliphatic carboxylic acids is 1. The Morgan fingerprint density at radius 1 is 1.67 bits per heavy atom. The first-order valence-corrected chi connectivity index (χ1v) is 4.99. The third-order valence-corrected chi connectivity index (χ3v) is 2.33. The largest absolute Gasteiger partial charge is 0.480 e. The summed E-state index contributed by atoms with van der Waals surface area (Å²) in [6.45, 7) is 0. The fraction of sp³-hybridized carbons (Fsp3) is 0.667. The van der Waals surface area contributed by atoms with E-state index < -0.39 is 12.4 Å². The van der Waals surface area contributed by atoms with E-state index in [-0.39, 0.29) is 5.38 Å². The highest BCUT2D eigenvalue weighted by Crippen LogP contribution is 2.19. The second-order valence-corrected chi connectivity index (χ2v) is 3.56. The first-order chi connectivity index (χ1) is 7.11. The minimum absolute atomic E-state index is 0.0104. The molecule has 84 valence electrons. The lowest BCUT2D eigenvalue weighted by atomic mass is 9.98. The van der Waals surface area contributed by atoms with Crippen molar-refractivity contribution in [3.8, 4) is 6.07 Å². The van der Waals surface area contributed by atoms with Gasteiger partial charge in [0.05, 0.1) is 17.2 Å². The maximum absolute atomic E-state index is 9.38. The molecule has 0 radical (unpaired) electrons. The summed E-state index contributed by atoms with van der Waals surface area (Å²) in [6.07, 6.45) is 3.70. The fourth-order valence-corrected chi connectivity index (χ4v) is 1.44. The van der Waals surface area contributed by atoms with Crippen molar-refractivity contribution in [1.82, 2.24) is 0 Å². The molecule has 2 N–H and O–H groups in total. The molecule has 1 rings (SSSR count). The molecule has 0 aromatic rings. The van der Waals surface area contributed by atoms with Gasteiger partial charge in [-0.1, -0.05) is 11.6 Å². The normalized spacial score (nSPS) is 22.4. The molecule has 1 atom stereocenters. The van der Waals surface area contributed by atoms with Crippen LogP contribution in [0.2, 0.25) is 0 Å². The van der Waals surface area contributed by atoms with Crippen LogP contribution in [0.25, 0.3) is 0 Å². The van der Waals surface area contributed by atoms with Crippen LogP contribution >= 0.6 is 11.6 Å². The van der Waals surface area contributed by atoms with Gasteiger partial charge in [0.25, 0.3) is 0 Å². The molecule has 1 aliphatic rings. The van der Waals surface area contributed by atoms with E-state index in [1.165, 1.54) is 6.07 Å². The molecule has 0 saturated heterocycles. The average molecular weight is 233 g/mol. The number of nitrogens with zero attached hydrogens (tertiary/aromatic N) is 2. The van der Waals surface area contributed by atoms with Crippen molar-refractivity contribution in [2.75, 3.05) is 0 Å². The van der Waals surface area contributed by atoms with Crippen molar-refractivity contribution < 1.29 is 15.1 Å². The molecular weight excluding hydrogens is 220 g/mol. The standard InChI is InChI=1S/C6H10ClNO.C3H3NO2/c7-5-3-1-2-4-6(5)8-9;4-2-1-3(5)6/h5,9H,1-4H2;1H2,(H,5,6)/b8-6-;. The summed E-state index contributed by atoms with van der Waals surface area (Å²) in [6, 6.07) is 1.47. The van der Waals surface area contributed by atoms with E-state index in [2.05, 4.69) is 5.16 Å². The first kappa shape index (κ1) is 13.7. The van der Waals surface area contributed by atoms with Gasteiger partial charge in [-0.25, -0.2) is 0 Å². The predicted molar refractivity (Wildman–Crippen MR) is 55.2 cm³/mol. The lowest BCUT2D eigenvalue weighted by Crippen LogP contribution is -2.18. The summed E-state index contributed by atoms with van der Waals surface area (Å²) < 4.78 is 0. The van der Waals surface area contributed by atoms with E-state index in [0.29, 0.717) is 0 Å².